The van der Waals surface area contributed by atoms with Crippen LogP contribution in [0.2, 0.25) is 10.0 Å². The van der Waals surface area contributed by atoms with Crippen molar-refractivity contribution in [3.63, 3.8) is 0 Å². The molecule has 0 bridgehead atoms. The van der Waals surface area contributed by atoms with E-state index in [0.29, 0.717) is 33.5 Å². The third-order valence-corrected chi connectivity index (χ3v) is 4.46. The summed E-state index contributed by atoms with van der Waals surface area (Å²) in [6.45, 7) is 5.90. The van der Waals surface area contributed by atoms with Crippen LogP contribution in [0.1, 0.15) is 38.7 Å². The molecule has 0 unspecified atom stereocenters. The molecule has 1 aromatic rings. The van der Waals surface area contributed by atoms with Gasteiger partial charge >= 0.3 is 5.97 Å². The average molecular weight is 386 g/mol. The number of esters is 1. The van der Waals surface area contributed by atoms with Crippen molar-refractivity contribution in [2.45, 2.75) is 39.2 Å². The summed E-state index contributed by atoms with van der Waals surface area (Å²) in [5.74, 6) is -1.25. The zero-order valence-electron chi connectivity index (χ0n) is 14.4. The third-order valence-electron chi connectivity index (χ3n) is 3.80. The highest BCUT2D eigenvalue weighted by atomic mass is 35.5. The maximum absolute atomic E-state index is 12.6. The van der Waals surface area contributed by atoms with Gasteiger partial charge in [0.15, 0.2) is 0 Å². The molecule has 0 spiro atoms. The Morgan fingerprint density at radius 1 is 1.28 bits per heavy atom. The first kappa shape index (κ1) is 19.8. The van der Waals surface area contributed by atoms with Crippen molar-refractivity contribution in [3.8, 4) is 0 Å². The summed E-state index contributed by atoms with van der Waals surface area (Å²) in [4.78, 5) is 24.6. The van der Waals surface area contributed by atoms with Crippen molar-refractivity contribution in [2.75, 3.05) is 13.2 Å². The Morgan fingerprint density at radius 3 is 2.52 bits per heavy atom. The number of benzene rings is 1. The summed E-state index contributed by atoms with van der Waals surface area (Å²) in [6, 6.07) is 5.09. The summed E-state index contributed by atoms with van der Waals surface area (Å²) in [6.07, 6.45) is 0.136. The van der Waals surface area contributed by atoms with E-state index in [2.05, 4.69) is 5.32 Å². The lowest BCUT2D eigenvalue weighted by atomic mass is 9.84. The van der Waals surface area contributed by atoms with Gasteiger partial charge in [0.25, 0.3) is 0 Å². The molecule has 7 heteroatoms. The molecule has 0 fully saturated rings. The van der Waals surface area contributed by atoms with Gasteiger partial charge in [-0.25, -0.2) is 4.79 Å². The van der Waals surface area contributed by atoms with Crippen LogP contribution in [0.3, 0.4) is 0 Å². The topological polar surface area (TPSA) is 64.6 Å². The number of ether oxygens (including phenoxy) is 2. The third kappa shape index (κ3) is 4.97. The Balaban J connectivity index is 2.27. The Morgan fingerprint density at radius 2 is 1.92 bits per heavy atom. The van der Waals surface area contributed by atoms with E-state index in [1.165, 1.54) is 0 Å². The predicted octanol–water partition coefficient (Wildman–Crippen LogP) is 3.84. The average Bonchev–Trinajstić information content (AvgIpc) is 2.50. The fourth-order valence-electron chi connectivity index (χ4n) is 2.76. The van der Waals surface area contributed by atoms with E-state index in [0.717, 1.165) is 0 Å². The molecule has 0 aliphatic carbocycles. The second-order valence-corrected chi connectivity index (χ2v) is 6.85. The number of carbonyl (C=O) groups excluding carboxylic acids is 2. The zero-order valence-corrected chi connectivity index (χ0v) is 15.9. The van der Waals surface area contributed by atoms with Crippen LogP contribution in [0.25, 0.3) is 0 Å². The van der Waals surface area contributed by atoms with Crippen molar-refractivity contribution >= 4 is 35.1 Å². The molecule has 0 aromatic heterocycles. The smallest absolute Gasteiger partial charge is 0.336 e. The lowest BCUT2D eigenvalue weighted by molar-refractivity contribution is -0.141. The molecule has 1 aliphatic rings. The van der Waals surface area contributed by atoms with E-state index < -0.39 is 11.9 Å². The van der Waals surface area contributed by atoms with Gasteiger partial charge in [-0.3, -0.25) is 4.79 Å². The van der Waals surface area contributed by atoms with E-state index in [4.69, 9.17) is 32.7 Å². The Labute approximate surface area is 157 Å². The number of halogens is 2. The van der Waals surface area contributed by atoms with Crippen LogP contribution in [0.15, 0.2) is 29.5 Å². The number of amides is 1. The number of nitrogens with one attached hydrogen (secondary N) is 1. The normalized spacial score (nSPS) is 17.7. The SMILES string of the molecule is CC1=C(C(=O)OCCOC(C)C)[C@@H](c2c(Cl)cccc2Cl)CC(=O)N1. The fourth-order valence-corrected chi connectivity index (χ4v) is 3.42. The maximum atomic E-state index is 12.6. The Kier molecular flexibility index (Phi) is 6.87. The highest BCUT2D eigenvalue weighted by molar-refractivity contribution is 6.36. The molecule has 0 saturated heterocycles. The van der Waals surface area contributed by atoms with Crippen LogP contribution in [-0.2, 0) is 19.1 Å². The first-order chi connectivity index (χ1) is 11.8. The lowest BCUT2D eigenvalue weighted by Crippen LogP contribution is -2.34. The van der Waals surface area contributed by atoms with Gasteiger partial charge in [-0.1, -0.05) is 29.3 Å². The van der Waals surface area contributed by atoms with Crippen molar-refractivity contribution in [1.29, 1.82) is 0 Å². The van der Waals surface area contributed by atoms with Crippen molar-refractivity contribution in [3.05, 3.63) is 45.1 Å². The summed E-state index contributed by atoms with van der Waals surface area (Å²) in [5, 5.41) is 3.50. The molecule has 1 aliphatic heterocycles. The standard InChI is InChI=1S/C18H21Cl2NO4/c1-10(2)24-7-8-25-18(23)16-11(3)21-15(22)9-12(16)17-13(19)5-4-6-14(17)20/h4-6,10,12H,7-9H2,1-3H3,(H,21,22)/t12-/m0/s1. The summed E-state index contributed by atoms with van der Waals surface area (Å²) in [7, 11) is 0. The van der Waals surface area contributed by atoms with Gasteiger partial charge in [-0.15, -0.1) is 0 Å². The summed E-state index contributed by atoms with van der Waals surface area (Å²) in [5.41, 5.74) is 1.37. The molecule has 1 N–H and O–H groups in total. The van der Waals surface area contributed by atoms with Gasteiger partial charge in [-0.2, -0.15) is 0 Å². The van der Waals surface area contributed by atoms with Gasteiger partial charge in [-0.05, 0) is 38.5 Å². The highest BCUT2D eigenvalue weighted by Gasteiger charge is 2.35. The van der Waals surface area contributed by atoms with Gasteiger partial charge in [0.2, 0.25) is 5.91 Å². The van der Waals surface area contributed by atoms with E-state index in [1.54, 1.807) is 25.1 Å². The number of hydrogen-bond acceptors (Lipinski definition) is 4. The van der Waals surface area contributed by atoms with Crippen LogP contribution >= 0.6 is 23.2 Å². The molecule has 0 saturated carbocycles. The number of hydrogen-bond donors (Lipinski definition) is 1. The van der Waals surface area contributed by atoms with Crippen molar-refractivity contribution in [1.82, 2.24) is 5.32 Å². The predicted molar refractivity (Wildman–Crippen MR) is 96.7 cm³/mol. The molecule has 2 rings (SSSR count). The minimum absolute atomic E-state index is 0.0586. The van der Waals surface area contributed by atoms with Crippen molar-refractivity contribution < 1.29 is 19.1 Å². The van der Waals surface area contributed by atoms with E-state index in [9.17, 15) is 9.59 Å². The van der Waals surface area contributed by atoms with Gasteiger partial charge in [0.05, 0.1) is 18.3 Å². The summed E-state index contributed by atoms with van der Waals surface area (Å²) >= 11 is 12.6. The lowest BCUT2D eigenvalue weighted by Gasteiger charge is -2.27. The molecule has 1 amide bonds. The molecule has 0 radical (unpaired) electrons. The van der Waals surface area contributed by atoms with Crippen LogP contribution in [0.5, 0.6) is 0 Å². The largest absolute Gasteiger partial charge is 0.460 e. The van der Waals surface area contributed by atoms with Gasteiger partial charge < -0.3 is 14.8 Å². The molecule has 25 heavy (non-hydrogen) atoms. The molecular weight excluding hydrogens is 365 g/mol. The molecule has 1 heterocycles. The molecule has 1 aromatic carbocycles. The second-order valence-electron chi connectivity index (χ2n) is 6.03. The summed E-state index contributed by atoms with van der Waals surface area (Å²) < 4.78 is 10.7. The second kappa shape index (κ2) is 8.70. The van der Waals surface area contributed by atoms with E-state index in [-0.39, 0.29) is 25.0 Å². The van der Waals surface area contributed by atoms with Crippen LogP contribution < -0.4 is 5.32 Å². The van der Waals surface area contributed by atoms with Crippen LogP contribution in [-0.4, -0.2) is 31.2 Å². The molecule has 136 valence electrons. The minimum atomic E-state index is -0.548. The number of carbonyl (C=O) groups is 2. The first-order valence-corrected chi connectivity index (χ1v) is 8.80. The number of rotatable bonds is 6. The highest BCUT2D eigenvalue weighted by Crippen LogP contribution is 2.40. The molecule has 1 atom stereocenters. The van der Waals surface area contributed by atoms with Crippen molar-refractivity contribution in [2.24, 2.45) is 0 Å². The van der Waals surface area contributed by atoms with Crippen LogP contribution in [0.4, 0.5) is 0 Å². The Hall–Kier alpha value is -1.56. The molecular formula is C18H21Cl2NO4. The van der Waals surface area contributed by atoms with Gasteiger partial charge in [0.1, 0.15) is 6.61 Å². The van der Waals surface area contributed by atoms with E-state index >= 15 is 0 Å². The fraction of sp³-hybridized carbons (Fsp3) is 0.444. The van der Waals surface area contributed by atoms with Gasteiger partial charge in [0, 0.05) is 28.1 Å². The van der Waals surface area contributed by atoms with E-state index in [1.807, 2.05) is 13.8 Å². The maximum Gasteiger partial charge on any atom is 0.336 e. The quantitative estimate of drug-likeness (QED) is 0.596. The number of allylic oxidation sites excluding steroid dienone is 1. The van der Waals surface area contributed by atoms with Crippen LogP contribution in [0, 0.1) is 0 Å². The monoisotopic (exact) mass is 385 g/mol. The minimum Gasteiger partial charge on any atom is -0.460 e. The molecule has 5 nitrogen and oxygen atoms in total. The first-order valence-electron chi connectivity index (χ1n) is 8.04. The Bertz CT molecular complexity index is 680. The zero-order chi connectivity index (χ0) is 18.6.